The minimum absolute atomic E-state index is 0.0630. The third-order valence-electron chi connectivity index (χ3n) is 4.07. The van der Waals surface area contributed by atoms with Crippen LogP contribution in [0.4, 0.5) is 0 Å². The zero-order valence-corrected chi connectivity index (χ0v) is 13.1. The molecule has 1 aromatic carbocycles. The highest BCUT2D eigenvalue weighted by molar-refractivity contribution is 5.79. The average Bonchev–Trinajstić information content (AvgIpc) is 2.49. The van der Waals surface area contributed by atoms with Crippen molar-refractivity contribution in [2.45, 2.75) is 64.4 Å². The van der Waals surface area contributed by atoms with E-state index >= 15 is 0 Å². The van der Waals surface area contributed by atoms with Gasteiger partial charge in [0.15, 0.2) is 0 Å². The Morgan fingerprint density at radius 3 is 2.52 bits per heavy atom. The molecule has 1 saturated heterocycles. The van der Waals surface area contributed by atoms with Gasteiger partial charge in [0, 0.05) is 0 Å². The number of esters is 1. The Morgan fingerprint density at radius 2 is 1.90 bits per heavy atom. The maximum Gasteiger partial charge on any atom is 0.313 e. The lowest BCUT2D eigenvalue weighted by molar-refractivity contribution is -0.156. The first-order valence-corrected chi connectivity index (χ1v) is 8.17. The molecule has 0 N–H and O–H groups in total. The molecule has 21 heavy (non-hydrogen) atoms. The van der Waals surface area contributed by atoms with Gasteiger partial charge in [0.25, 0.3) is 0 Å². The smallest absolute Gasteiger partial charge is 0.313 e. The van der Waals surface area contributed by atoms with Crippen LogP contribution in [0.3, 0.4) is 0 Å². The molecular weight excluding hydrogens is 264 g/mol. The minimum Gasteiger partial charge on any atom is -0.494 e. The molecule has 3 heteroatoms. The number of benzene rings is 1. The van der Waals surface area contributed by atoms with E-state index in [2.05, 4.69) is 6.92 Å². The van der Waals surface area contributed by atoms with Gasteiger partial charge in [-0.1, -0.05) is 31.9 Å². The zero-order chi connectivity index (χ0) is 15.1. The quantitative estimate of drug-likeness (QED) is 0.549. The fourth-order valence-corrected chi connectivity index (χ4v) is 2.87. The van der Waals surface area contributed by atoms with Crippen molar-refractivity contribution in [3.63, 3.8) is 0 Å². The zero-order valence-electron chi connectivity index (χ0n) is 13.1. The first-order valence-electron chi connectivity index (χ1n) is 8.17. The Morgan fingerprint density at radius 1 is 1.14 bits per heavy atom. The summed E-state index contributed by atoms with van der Waals surface area (Å²) >= 11 is 0. The molecule has 0 saturated carbocycles. The Balaban J connectivity index is 1.89. The van der Waals surface area contributed by atoms with Crippen molar-refractivity contribution in [3.8, 4) is 5.75 Å². The van der Waals surface area contributed by atoms with Crippen molar-refractivity contribution in [1.29, 1.82) is 0 Å². The SMILES string of the molecule is CCCCCC1CCC(c2ccc(OCC)cc2)C(=O)O1. The van der Waals surface area contributed by atoms with E-state index in [1.807, 2.05) is 31.2 Å². The lowest BCUT2D eigenvalue weighted by atomic mass is 9.89. The second-order valence-electron chi connectivity index (χ2n) is 5.69. The number of hydrogen-bond donors (Lipinski definition) is 0. The summed E-state index contributed by atoms with van der Waals surface area (Å²) in [6.07, 6.45) is 6.59. The number of cyclic esters (lactones) is 1. The van der Waals surface area contributed by atoms with Crippen LogP contribution in [0.1, 0.15) is 63.9 Å². The molecule has 1 aliphatic rings. The van der Waals surface area contributed by atoms with Gasteiger partial charge in [0.1, 0.15) is 11.9 Å². The molecule has 1 aromatic rings. The first kappa shape index (κ1) is 15.9. The van der Waals surface area contributed by atoms with Gasteiger partial charge < -0.3 is 9.47 Å². The summed E-state index contributed by atoms with van der Waals surface area (Å²) in [7, 11) is 0. The number of carbonyl (C=O) groups is 1. The molecule has 0 amide bonds. The molecular formula is C18H26O3. The van der Waals surface area contributed by atoms with Gasteiger partial charge in [0.2, 0.25) is 0 Å². The second-order valence-corrected chi connectivity index (χ2v) is 5.69. The van der Waals surface area contributed by atoms with Crippen molar-refractivity contribution in [1.82, 2.24) is 0 Å². The highest BCUT2D eigenvalue weighted by atomic mass is 16.5. The molecule has 1 heterocycles. The molecule has 0 spiro atoms. The lowest BCUT2D eigenvalue weighted by Crippen LogP contribution is -2.29. The molecule has 1 aliphatic heterocycles. The van der Waals surface area contributed by atoms with Gasteiger partial charge in [-0.25, -0.2) is 0 Å². The van der Waals surface area contributed by atoms with E-state index in [-0.39, 0.29) is 18.0 Å². The molecule has 2 atom stereocenters. The number of hydrogen-bond acceptors (Lipinski definition) is 3. The monoisotopic (exact) mass is 290 g/mol. The topological polar surface area (TPSA) is 35.5 Å². The summed E-state index contributed by atoms with van der Waals surface area (Å²) in [6.45, 7) is 4.81. The number of rotatable bonds is 7. The average molecular weight is 290 g/mol. The lowest BCUT2D eigenvalue weighted by Gasteiger charge is -2.28. The van der Waals surface area contributed by atoms with E-state index in [0.29, 0.717) is 6.61 Å². The van der Waals surface area contributed by atoms with Crippen LogP contribution in [0.15, 0.2) is 24.3 Å². The number of unbranched alkanes of at least 4 members (excludes halogenated alkanes) is 2. The molecule has 2 unspecified atom stereocenters. The van der Waals surface area contributed by atoms with Crippen molar-refractivity contribution in [2.24, 2.45) is 0 Å². The summed E-state index contributed by atoms with van der Waals surface area (Å²) in [5, 5.41) is 0. The maximum absolute atomic E-state index is 12.2. The molecule has 2 rings (SSSR count). The van der Waals surface area contributed by atoms with Gasteiger partial charge in [0.05, 0.1) is 12.5 Å². The summed E-state index contributed by atoms with van der Waals surface area (Å²) in [4.78, 5) is 12.2. The fraction of sp³-hybridized carbons (Fsp3) is 0.611. The van der Waals surface area contributed by atoms with Gasteiger partial charge in [-0.15, -0.1) is 0 Å². The van der Waals surface area contributed by atoms with Crippen LogP contribution < -0.4 is 4.74 Å². The van der Waals surface area contributed by atoms with Crippen LogP contribution in [0.25, 0.3) is 0 Å². The minimum atomic E-state index is -0.108. The fourth-order valence-electron chi connectivity index (χ4n) is 2.87. The van der Waals surface area contributed by atoms with Gasteiger partial charge in [-0.2, -0.15) is 0 Å². The first-order chi connectivity index (χ1) is 10.2. The van der Waals surface area contributed by atoms with Crippen LogP contribution in [0, 0.1) is 0 Å². The van der Waals surface area contributed by atoms with E-state index in [1.54, 1.807) is 0 Å². The van der Waals surface area contributed by atoms with Gasteiger partial charge in [-0.05, 0) is 50.3 Å². The molecule has 0 radical (unpaired) electrons. The summed E-state index contributed by atoms with van der Waals surface area (Å²) in [6, 6.07) is 7.82. The standard InChI is InChI=1S/C18H26O3/c1-3-5-6-7-16-12-13-17(18(19)21-16)14-8-10-15(11-9-14)20-4-2/h8-11,16-17H,3-7,12-13H2,1-2H3. The third-order valence-corrected chi connectivity index (χ3v) is 4.07. The number of carbonyl (C=O) groups excluding carboxylic acids is 1. The number of ether oxygens (including phenoxy) is 2. The van der Waals surface area contributed by atoms with Crippen LogP contribution in [0.2, 0.25) is 0 Å². The predicted molar refractivity (Wildman–Crippen MR) is 83.6 cm³/mol. The van der Waals surface area contributed by atoms with E-state index in [1.165, 1.54) is 12.8 Å². The van der Waals surface area contributed by atoms with E-state index < -0.39 is 0 Å². The van der Waals surface area contributed by atoms with E-state index in [0.717, 1.165) is 37.0 Å². The maximum atomic E-state index is 12.2. The van der Waals surface area contributed by atoms with E-state index in [4.69, 9.17) is 9.47 Å². The Hall–Kier alpha value is -1.51. The molecule has 0 bridgehead atoms. The molecule has 3 nitrogen and oxygen atoms in total. The predicted octanol–water partition coefficient (Wildman–Crippen LogP) is 4.45. The summed E-state index contributed by atoms with van der Waals surface area (Å²) in [5.41, 5.74) is 1.04. The normalized spacial score (nSPS) is 21.9. The Labute approximate surface area is 127 Å². The summed E-state index contributed by atoms with van der Waals surface area (Å²) in [5.74, 6) is 0.679. The second kappa shape index (κ2) is 8.06. The van der Waals surface area contributed by atoms with Crippen molar-refractivity contribution < 1.29 is 14.3 Å². The van der Waals surface area contributed by atoms with Crippen LogP contribution >= 0.6 is 0 Å². The van der Waals surface area contributed by atoms with Crippen molar-refractivity contribution in [3.05, 3.63) is 29.8 Å². The Bertz CT molecular complexity index is 438. The summed E-state index contributed by atoms with van der Waals surface area (Å²) < 4.78 is 11.0. The largest absolute Gasteiger partial charge is 0.494 e. The third kappa shape index (κ3) is 4.48. The van der Waals surface area contributed by atoms with Crippen molar-refractivity contribution in [2.75, 3.05) is 6.61 Å². The van der Waals surface area contributed by atoms with Crippen LogP contribution in [-0.4, -0.2) is 18.7 Å². The van der Waals surface area contributed by atoms with Gasteiger partial charge >= 0.3 is 5.97 Å². The molecule has 1 fully saturated rings. The molecule has 0 aromatic heterocycles. The van der Waals surface area contributed by atoms with Gasteiger partial charge in [-0.3, -0.25) is 4.79 Å². The molecule has 116 valence electrons. The molecule has 0 aliphatic carbocycles. The highest BCUT2D eigenvalue weighted by Gasteiger charge is 2.30. The van der Waals surface area contributed by atoms with Crippen LogP contribution in [0.5, 0.6) is 5.75 Å². The van der Waals surface area contributed by atoms with Crippen molar-refractivity contribution >= 4 is 5.97 Å². The highest BCUT2D eigenvalue weighted by Crippen LogP contribution is 2.32. The van der Waals surface area contributed by atoms with Crippen LogP contribution in [-0.2, 0) is 9.53 Å². The van der Waals surface area contributed by atoms with E-state index in [9.17, 15) is 4.79 Å². The Kier molecular flexibility index (Phi) is 6.09.